The highest BCUT2D eigenvalue weighted by atomic mass is 28.4. The number of terminal acetylenes is 1. The maximum atomic E-state index is 11.7. The molecule has 2 nitrogen and oxygen atoms in total. The summed E-state index contributed by atoms with van der Waals surface area (Å²) in [5.41, 5.74) is 5.84. The second kappa shape index (κ2) is 7.66. The third-order valence-corrected chi connectivity index (χ3v) is 14.1. The van der Waals surface area contributed by atoms with E-state index in [1.165, 1.54) is 11.1 Å². The van der Waals surface area contributed by atoms with Crippen LogP contribution in [0.3, 0.4) is 0 Å². The number of hydrogen-bond acceptors (Lipinski definition) is 2. The molecule has 2 fully saturated rings. The van der Waals surface area contributed by atoms with Gasteiger partial charge in [0.15, 0.2) is 0 Å². The summed E-state index contributed by atoms with van der Waals surface area (Å²) in [5, 5.41) is 11.9. The Bertz CT molecular complexity index is 1000. The maximum Gasteiger partial charge on any atom is 0.250 e. The van der Waals surface area contributed by atoms with Crippen molar-refractivity contribution in [2.24, 2.45) is 17.3 Å². The lowest BCUT2D eigenvalue weighted by molar-refractivity contribution is -0.0845. The van der Waals surface area contributed by atoms with Crippen molar-refractivity contribution in [1.29, 1.82) is 0 Å². The molecule has 0 unspecified atom stereocenters. The zero-order valence-corrected chi connectivity index (χ0v) is 21.8. The van der Waals surface area contributed by atoms with E-state index >= 15 is 0 Å². The largest absolute Gasteiger partial charge is 0.543 e. The van der Waals surface area contributed by atoms with Crippen molar-refractivity contribution in [3.8, 4) is 18.1 Å². The van der Waals surface area contributed by atoms with Gasteiger partial charge in [-0.1, -0.05) is 40.3 Å². The Kier molecular flexibility index (Phi) is 5.61. The van der Waals surface area contributed by atoms with E-state index in [0.29, 0.717) is 24.2 Å². The number of rotatable bonds is 3. The quantitative estimate of drug-likeness (QED) is 0.306. The summed E-state index contributed by atoms with van der Waals surface area (Å²) < 4.78 is 6.61. The van der Waals surface area contributed by atoms with Gasteiger partial charge >= 0.3 is 0 Å². The normalized spacial score (nSPS) is 34.1. The van der Waals surface area contributed by atoms with E-state index in [1.54, 1.807) is 0 Å². The number of hydrogen-bond donors (Lipinski definition) is 1. The molecule has 0 heterocycles. The Balaban J connectivity index is 1.63. The van der Waals surface area contributed by atoms with Crippen molar-refractivity contribution < 1.29 is 9.53 Å². The van der Waals surface area contributed by atoms with Crippen molar-refractivity contribution in [1.82, 2.24) is 0 Å². The molecule has 3 aliphatic carbocycles. The topological polar surface area (TPSA) is 29.5 Å². The minimum absolute atomic E-state index is 0.190. The van der Waals surface area contributed by atoms with Crippen LogP contribution in [-0.4, -0.2) is 19.0 Å². The smallest absolute Gasteiger partial charge is 0.250 e. The van der Waals surface area contributed by atoms with Gasteiger partial charge in [-0.15, -0.1) is 18.1 Å². The first kappa shape index (κ1) is 23.4. The number of benzene rings is 1. The molecule has 0 aliphatic heterocycles. The molecule has 172 valence electrons. The van der Waals surface area contributed by atoms with Crippen molar-refractivity contribution in [3.63, 3.8) is 0 Å². The second-order valence-electron chi connectivity index (χ2n) is 12.2. The van der Waals surface area contributed by atoms with Gasteiger partial charge in [-0.05, 0) is 91.2 Å². The minimum atomic E-state index is -1.85. The SMILES string of the molecule is C#CC[C@]1(O)C(=C=C)C[C@H]2[C@@H]3CCc4cc(O[Si](C)(C)C(C)(C)C)ccc4[C@H]3CC[C@@]21C. The molecule has 32 heavy (non-hydrogen) atoms. The molecule has 0 radical (unpaired) electrons. The van der Waals surface area contributed by atoms with Gasteiger partial charge < -0.3 is 9.53 Å². The van der Waals surface area contributed by atoms with Gasteiger partial charge in [0.1, 0.15) is 11.4 Å². The van der Waals surface area contributed by atoms with Gasteiger partial charge in [0.25, 0.3) is 0 Å². The van der Waals surface area contributed by atoms with Crippen molar-refractivity contribution >= 4 is 8.32 Å². The lowest BCUT2D eigenvalue weighted by atomic mass is 9.53. The van der Waals surface area contributed by atoms with Crippen LogP contribution in [0, 0.1) is 29.6 Å². The van der Waals surface area contributed by atoms with E-state index in [4.69, 9.17) is 10.8 Å². The fourth-order valence-electron chi connectivity index (χ4n) is 6.69. The standard InChI is InChI=1S/C29H40O2Si/c1-9-16-29(30)21(10-2)19-26-25-13-11-20-18-22(31-32(7,8)27(3,4)5)12-14-23(20)24(25)15-17-28(26,29)6/h1,12,14,18,24-26,30H,2,11,13,15-17,19H2,3-8H3/t24-,25-,26+,28+,29+/m1/s1. The van der Waals surface area contributed by atoms with Crippen molar-refractivity contribution in [2.45, 2.75) is 95.9 Å². The van der Waals surface area contributed by atoms with Gasteiger partial charge in [0.05, 0.1) is 0 Å². The Morgan fingerprint density at radius 2 is 2.00 bits per heavy atom. The van der Waals surface area contributed by atoms with Gasteiger partial charge in [-0.2, -0.15) is 0 Å². The average molecular weight is 449 g/mol. The Hall–Kier alpha value is -1.72. The van der Waals surface area contributed by atoms with Crippen LogP contribution in [0.2, 0.25) is 18.1 Å². The van der Waals surface area contributed by atoms with Crippen LogP contribution >= 0.6 is 0 Å². The lowest BCUT2D eigenvalue weighted by Gasteiger charge is -2.52. The predicted octanol–water partition coefficient (Wildman–Crippen LogP) is 7.00. The summed E-state index contributed by atoms with van der Waals surface area (Å²) in [6, 6.07) is 6.86. The zero-order valence-electron chi connectivity index (χ0n) is 20.8. The van der Waals surface area contributed by atoms with E-state index in [1.807, 2.05) is 0 Å². The Morgan fingerprint density at radius 1 is 1.28 bits per heavy atom. The Labute approximate surface area is 196 Å². The van der Waals surface area contributed by atoms with E-state index in [0.717, 1.165) is 43.4 Å². The van der Waals surface area contributed by atoms with E-state index in [-0.39, 0.29) is 10.5 Å². The molecule has 1 aromatic carbocycles. The molecule has 1 N–H and O–H groups in total. The van der Waals surface area contributed by atoms with Gasteiger partial charge in [-0.3, -0.25) is 0 Å². The van der Waals surface area contributed by atoms with Crippen LogP contribution in [0.4, 0.5) is 0 Å². The molecule has 0 bridgehead atoms. The molecule has 3 aliphatic rings. The highest BCUT2D eigenvalue weighted by Crippen LogP contribution is 2.66. The predicted molar refractivity (Wildman–Crippen MR) is 135 cm³/mol. The highest BCUT2D eigenvalue weighted by Gasteiger charge is 2.63. The highest BCUT2D eigenvalue weighted by molar-refractivity contribution is 6.74. The van der Waals surface area contributed by atoms with Gasteiger partial charge in [-0.25, -0.2) is 0 Å². The summed E-state index contributed by atoms with van der Waals surface area (Å²) in [7, 11) is -1.85. The molecule has 0 aromatic heterocycles. The molecule has 4 rings (SSSR count). The molecule has 0 saturated heterocycles. The van der Waals surface area contributed by atoms with Crippen molar-refractivity contribution in [3.05, 3.63) is 47.2 Å². The molecular formula is C29H40O2Si. The molecule has 2 saturated carbocycles. The summed E-state index contributed by atoms with van der Waals surface area (Å²) in [4.78, 5) is 0. The number of aliphatic hydroxyl groups is 1. The zero-order chi connectivity index (χ0) is 23.5. The number of fused-ring (bicyclic) bond motifs is 5. The maximum absolute atomic E-state index is 11.7. The summed E-state index contributed by atoms with van der Waals surface area (Å²) >= 11 is 0. The number of aryl methyl sites for hydroxylation is 1. The molecule has 1 aromatic rings. The van der Waals surface area contributed by atoms with E-state index in [9.17, 15) is 5.11 Å². The van der Waals surface area contributed by atoms with Crippen LogP contribution < -0.4 is 4.43 Å². The summed E-state index contributed by atoms with van der Waals surface area (Å²) in [6.07, 6.45) is 11.3. The fourth-order valence-corrected chi connectivity index (χ4v) is 7.71. The van der Waals surface area contributed by atoms with Crippen LogP contribution in [0.25, 0.3) is 0 Å². The van der Waals surface area contributed by atoms with E-state index in [2.05, 4.69) is 77.2 Å². The summed E-state index contributed by atoms with van der Waals surface area (Å²) in [6.45, 7) is 17.7. The third kappa shape index (κ3) is 3.35. The van der Waals surface area contributed by atoms with Crippen molar-refractivity contribution in [2.75, 3.05) is 0 Å². The lowest BCUT2D eigenvalue weighted by Crippen LogP contribution is -2.51. The fraction of sp³-hybridized carbons (Fsp3) is 0.621. The molecule has 5 atom stereocenters. The molecule has 3 heteroatoms. The van der Waals surface area contributed by atoms with Gasteiger partial charge in [0, 0.05) is 17.4 Å². The van der Waals surface area contributed by atoms with Crippen LogP contribution in [0.15, 0.2) is 36.1 Å². The molecule has 0 amide bonds. The minimum Gasteiger partial charge on any atom is -0.543 e. The van der Waals surface area contributed by atoms with E-state index < -0.39 is 13.9 Å². The van der Waals surface area contributed by atoms with Crippen LogP contribution in [0.1, 0.15) is 76.8 Å². The van der Waals surface area contributed by atoms with Gasteiger partial charge in [0.2, 0.25) is 8.32 Å². The first-order valence-corrected chi connectivity index (χ1v) is 15.2. The monoisotopic (exact) mass is 448 g/mol. The Morgan fingerprint density at radius 3 is 2.62 bits per heavy atom. The third-order valence-electron chi connectivity index (χ3n) is 9.71. The average Bonchev–Trinajstić information content (AvgIpc) is 2.93. The molecule has 0 spiro atoms. The second-order valence-corrected chi connectivity index (χ2v) is 16.9. The first-order chi connectivity index (χ1) is 14.9. The van der Waals surface area contributed by atoms with Crippen LogP contribution in [0.5, 0.6) is 5.75 Å². The summed E-state index contributed by atoms with van der Waals surface area (Å²) in [5.74, 6) is 5.34. The molecular weight excluding hydrogens is 408 g/mol. The van der Waals surface area contributed by atoms with Crippen LogP contribution in [-0.2, 0) is 6.42 Å². The first-order valence-electron chi connectivity index (χ1n) is 12.2.